The molecule has 0 saturated heterocycles. The van der Waals surface area contributed by atoms with Crippen LogP contribution in [-0.4, -0.2) is 19.0 Å². The Morgan fingerprint density at radius 1 is 1.09 bits per heavy atom. The lowest BCUT2D eigenvalue weighted by atomic mass is 10.2. The Labute approximate surface area is 130 Å². The SMILES string of the molecule is CCN(C(=O)CCNCc1ccc(F)cc1)c1ccccc1. The number of para-hydroxylation sites is 1. The van der Waals surface area contributed by atoms with Gasteiger partial charge < -0.3 is 10.2 Å². The van der Waals surface area contributed by atoms with Gasteiger partial charge in [0, 0.05) is 31.7 Å². The molecule has 0 aromatic heterocycles. The predicted octanol–water partition coefficient (Wildman–Crippen LogP) is 3.36. The number of nitrogens with one attached hydrogen (secondary N) is 1. The fourth-order valence-corrected chi connectivity index (χ4v) is 2.28. The van der Waals surface area contributed by atoms with E-state index in [1.807, 2.05) is 37.3 Å². The van der Waals surface area contributed by atoms with Crippen LogP contribution in [-0.2, 0) is 11.3 Å². The van der Waals surface area contributed by atoms with E-state index in [0.717, 1.165) is 11.3 Å². The molecule has 4 heteroatoms. The summed E-state index contributed by atoms with van der Waals surface area (Å²) in [7, 11) is 0. The highest BCUT2D eigenvalue weighted by molar-refractivity contribution is 5.93. The topological polar surface area (TPSA) is 32.3 Å². The van der Waals surface area contributed by atoms with Crippen LogP contribution in [0.4, 0.5) is 10.1 Å². The van der Waals surface area contributed by atoms with Gasteiger partial charge in [-0.15, -0.1) is 0 Å². The molecule has 0 aliphatic rings. The summed E-state index contributed by atoms with van der Waals surface area (Å²) in [5.74, 6) is -0.138. The molecule has 1 N–H and O–H groups in total. The lowest BCUT2D eigenvalue weighted by molar-refractivity contribution is -0.118. The summed E-state index contributed by atoms with van der Waals surface area (Å²) in [4.78, 5) is 14.0. The zero-order valence-electron chi connectivity index (χ0n) is 12.8. The molecule has 2 rings (SSSR count). The first-order valence-corrected chi connectivity index (χ1v) is 7.51. The number of anilines is 1. The zero-order chi connectivity index (χ0) is 15.8. The van der Waals surface area contributed by atoms with Gasteiger partial charge in [0.25, 0.3) is 0 Å². The molecule has 2 aromatic carbocycles. The van der Waals surface area contributed by atoms with Gasteiger partial charge in [0.2, 0.25) is 5.91 Å². The van der Waals surface area contributed by atoms with E-state index in [1.54, 1.807) is 17.0 Å². The molecule has 0 atom stereocenters. The van der Waals surface area contributed by atoms with Crippen LogP contribution in [0.2, 0.25) is 0 Å². The third-order valence-corrected chi connectivity index (χ3v) is 3.44. The van der Waals surface area contributed by atoms with E-state index >= 15 is 0 Å². The van der Waals surface area contributed by atoms with Crippen molar-refractivity contribution in [3.8, 4) is 0 Å². The monoisotopic (exact) mass is 300 g/mol. The van der Waals surface area contributed by atoms with Crippen LogP contribution in [0.15, 0.2) is 54.6 Å². The molecule has 0 bridgehead atoms. The lowest BCUT2D eigenvalue weighted by Gasteiger charge is -2.21. The van der Waals surface area contributed by atoms with E-state index in [4.69, 9.17) is 0 Å². The Balaban J connectivity index is 1.78. The van der Waals surface area contributed by atoms with Gasteiger partial charge in [-0.1, -0.05) is 30.3 Å². The first-order valence-electron chi connectivity index (χ1n) is 7.51. The Hall–Kier alpha value is -2.20. The highest BCUT2D eigenvalue weighted by Crippen LogP contribution is 2.13. The minimum atomic E-state index is -0.236. The molecule has 0 saturated carbocycles. The third kappa shape index (κ3) is 4.67. The first-order chi connectivity index (χ1) is 10.7. The van der Waals surface area contributed by atoms with Crippen molar-refractivity contribution < 1.29 is 9.18 Å². The summed E-state index contributed by atoms with van der Waals surface area (Å²) in [6.45, 7) is 3.85. The number of halogens is 1. The summed E-state index contributed by atoms with van der Waals surface area (Å²) in [6, 6.07) is 16.0. The van der Waals surface area contributed by atoms with E-state index < -0.39 is 0 Å². The second-order valence-electron chi connectivity index (χ2n) is 5.03. The Bertz CT molecular complexity index is 584. The van der Waals surface area contributed by atoms with Gasteiger partial charge in [-0.3, -0.25) is 4.79 Å². The van der Waals surface area contributed by atoms with Gasteiger partial charge in [0.15, 0.2) is 0 Å². The van der Waals surface area contributed by atoms with Crippen LogP contribution in [0.5, 0.6) is 0 Å². The number of hydrogen-bond donors (Lipinski definition) is 1. The zero-order valence-corrected chi connectivity index (χ0v) is 12.8. The lowest BCUT2D eigenvalue weighted by Crippen LogP contribution is -2.32. The number of benzene rings is 2. The third-order valence-electron chi connectivity index (χ3n) is 3.44. The molecule has 1 amide bonds. The number of hydrogen-bond acceptors (Lipinski definition) is 2. The van der Waals surface area contributed by atoms with Crippen LogP contribution in [0.25, 0.3) is 0 Å². The second kappa shape index (κ2) is 8.29. The standard InChI is InChI=1S/C18H21FN2O/c1-2-21(17-6-4-3-5-7-17)18(22)12-13-20-14-15-8-10-16(19)11-9-15/h3-11,20H,2,12-14H2,1H3. The first kappa shape index (κ1) is 16.2. The molecule has 0 unspecified atom stereocenters. The summed E-state index contributed by atoms with van der Waals surface area (Å²) in [5, 5.41) is 3.21. The van der Waals surface area contributed by atoms with E-state index in [2.05, 4.69) is 5.32 Å². The molecule has 0 radical (unpaired) electrons. The van der Waals surface area contributed by atoms with E-state index in [9.17, 15) is 9.18 Å². The highest BCUT2D eigenvalue weighted by atomic mass is 19.1. The summed E-state index contributed by atoms with van der Waals surface area (Å²) in [6.07, 6.45) is 0.434. The minimum absolute atomic E-state index is 0.0975. The summed E-state index contributed by atoms with van der Waals surface area (Å²) in [5.41, 5.74) is 1.93. The van der Waals surface area contributed by atoms with Crippen molar-refractivity contribution in [2.75, 3.05) is 18.0 Å². The molecular weight excluding hydrogens is 279 g/mol. The maximum absolute atomic E-state index is 12.8. The Kier molecular flexibility index (Phi) is 6.10. The van der Waals surface area contributed by atoms with Gasteiger partial charge in [-0.05, 0) is 36.8 Å². The second-order valence-corrected chi connectivity index (χ2v) is 5.03. The molecule has 0 aliphatic heterocycles. The molecule has 116 valence electrons. The van der Waals surface area contributed by atoms with Crippen molar-refractivity contribution in [2.24, 2.45) is 0 Å². The van der Waals surface area contributed by atoms with Crippen molar-refractivity contribution in [1.29, 1.82) is 0 Å². The Morgan fingerprint density at radius 3 is 2.41 bits per heavy atom. The number of carbonyl (C=O) groups excluding carboxylic acids is 1. The summed E-state index contributed by atoms with van der Waals surface area (Å²) >= 11 is 0. The quantitative estimate of drug-likeness (QED) is 0.795. The highest BCUT2D eigenvalue weighted by Gasteiger charge is 2.12. The van der Waals surface area contributed by atoms with Gasteiger partial charge in [-0.2, -0.15) is 0 Å². The van der Waals surface area contributed by atoms with Gasteiger partial charge in [0.1, 0.15) is 5.82 Å². The van der Waals surface area contributed by atoms with Crippen molar-refractivity contribution in [3.63, 3.8) is 0 Å². The largest absolute Gasteiger partial charge is 0.313 e. The van der Waals surface area contributed by atoms with Crippen LogP contribution >= 0.6 is 0 Å². The number of nitrogens with zero attached hydrogens (tertiary/aromatic N) is 1. The fourth-order valence-electron chi connectivity index (χ4n) is 2.28. The van der Waals surface area contributed by atoms with Gasteiger partial charge in [-0.25, -0.2) is 4.39 Å². The molecule has 3 nitrogen and oxygen atoms in total. The van der Waals surface area contributed by atoms with Crippen LogP contribution in [0.3, 0.4) is 0 Å². The average Bonchev–Trinajstić information content (AvgIpc) is 2.55. The number of rotatable bonds is 7. The van der Waals surface area contributed by atoms with E-state index in [0.29, 0.717) is 26.1 Å². The van der Waals surface area contributed by atoms with Crippen molar-refractivity contribution >= 4 is 11.6 Å². The van der Waals surface area contributed by atoms with Crippen molar-refractivity contribution in [2.45, 2.75) is 19.9 Å². The number of carbonyl (C=O) groups is 1. The molecule has 2 aromatic rings. The van der Waals surface area contributed by atoms with Crippen molar-refractivity contribution in [1.82, 2.24) is 5.32 Å². The van der Waals surface area contributed by atoms with Gasteiger partial charge >= 0.3 is 0 Å². The van der Waals surface area contributed by atoms with Crippen LogP contribution in [0, 0.1) is 5.82 Å². The van der Waals surface area contributed by atoms with Crippen LogP contribution in [0.1, 0.15) is 18.9 Å². The molecule has 0 aliphatic carbocycles. The van der Waals surface area contributed by atoms with E-state index in [1.165, 1.54) is 12.1 Å². The molecule has 0 spiro atoms. The van der Waals surface area contributed by atoms with Crippen LogP contribution < -0.4 is 10.2 Å². The maximum atomic E-state index is 12.8. The smallest absolute Gasteiger partial charge is 0.228 e. The fraction of sp³-hybridized carbons (Fsp3) is 0.278. The normalized spacial score (nSPS) is 10.5. The average molecular weight is 300 g/mol. The van der Waals surface area contributed by atoms with Gasteiger partial charge in [0.05, 0.1) is 0 Å². The molecular formula is C18H21FN2O. The maximum Gasteiger partial charge on any atom is 0.228 e. The summed E-state index contributed by atoms with van der Waals surface area (Å²) < 4.78 is 12.8. The van der Waals surface area contributed by atoms with E-state index in [-0.39, 0.29) is 11.7 Å². The predicted molar refractivity (Wildman–Crippen MR) is 87.2 cm³/mol. The number of amides is 1. The molecule has 22 heavy (non-hydrogen) atoms. The van der Waals surface area contributed by atoms with Crippen molar-refractivity contribution in [3.05, 3.63) is 66.0 Å². The Morgan fingerprint density at radius 2 is 1.77 bits per heavy atom. The molecule has 0 heterocycles. The minimum Gasteiger partial charge on any atom is -0.313 e. The molecule has 0 fully saturated rings.